The van der Waals surface area contributed by atoms with Crippen molar-refractivity contribution in [3.63, 3.8) is 0 Å². The molecule has 0 spiro atoms. The summed E-state index contributed by atoms with van der Waals surface area (Å²) in [6.45, 7) is 3.18. The van der Waals surface area contributed by atoms with Gasteiger partial charge in [0.2, 0.25) is 0 Å². The van der Waals surface area contributed by atoms with Crippen molar-refractivity contribution in [1.29, 1.82) is 5.26 Å². The lowest BCUT2D eigenvalue weighted by molar-refractivity contribution is 0.292. The lowest BCUT2D eigenvalue weighted by Gasteiger charge is -2.20. The molecule has 3 aliphatic heterocycles. The summed E-state index contributed by atoms with van der Waals surface area (Å²) >= 11 is 0. The third-order valence-electron chi connectivity index (χ3n) is 8.62. The van der Waals surface area contributed by atoms with Crippen LogP contribution < -0.4 is 9.64 Å². The van der Waals surface area contributed by atoms with E-state index >= 15 is 4.39 Å². The molecule has 10 heteroatoms. The number of ether oxygens (including phenoxy) is 1. The van der Waals surface area contributed by atoms with Gasteiger partial charge in [0, 0.05) is 54.8 Å². The standard InChI is InChI=1S/C26H20FN5O2.C7H12FN/c1-3-16-5-4-6-17-11-18(33)12-19(21(16)17)23-22(27)24-20(13-29-23)25(31-26(30-24)34-2)32-10-8-15(14-32)7-9-28;8-6-4-7-2-1-3-9(7)5-6/h1,4-6,11-13,15,33H,7-8,10,14H2,2H3;6-7H,1-5H2. The third kappa shape index (κ3) is 5.51. The zero-order valence-electron chi connectivity index (χ0n) is 23.9. The van der Waals surface area contributed by atoms with E-state index < -0.39 is 12.0 Å². The Hall–Kier alpha value is -4.54. The zero-order chi connectivity index (χ0) is 30.1. The fraction of sp³-hybridized carbons (Fsp3) is 0.394. The Kier molecular flexibility index (Phi) is 7.96. The largest absolute Gasteiger partial charge is 0.508 e. The highest BCUT2D eigenvalue weighted by Gasteiger charge is 2.34. The minimum Gasteiger partial charge on any atom is -0.508 e. The highest BCUT2D eigenvalue weighted by atomic mass is 19.1. The second kappa shape index (κ2) is 12.0. The van der Waals surface area contributed by atoms with Crippen LogP contribution in [-0.2, 0) is 0 Å². The Morgan fingerprint density at radius 3 is 2.81 bits per heavy atom. The molecule has 3 atom stereocenters. The molecule has 0 radical (unpaired) electrons. The first-order valence-corrected chi connectivity index (χ1v) is 14.5. The first-order valence-electron chi connectivity index (χ1n) is 14.5. The van der Waals surface area contributed by atoms with Gasteiger partial charge >= 0.3 is 6.01 Å². The van der Waals surface area contributed by atoms with Crippen molar-refractivity contribution in [2.45, 2.75) is 44.3 Å². The van der Waals surface area contributed by atoms with Crippen molar-refractivity contribution in [2.75, 3.05) is 38.2 Å². The maximum atomic E-state index is 16.0. The maximum absolute atomic E-state index is 16.0. The molecule has 5 heterocycles. The summed E-state index contributed by atoms with van der Waals surface area (Å²) < 4.78 is 33.9. The maximum Gasteiger partial charge on any atom is 0.318 e. The molecule has 8 nitrogen and oxygen atoms in total. The average Bonchev–Trinajstić information content (AvgIpc) is 3.74. The van der Waals surface area contributed by atoms with Crippen LogP contribution in [0.5, 0.6) is 11.8 Å². The number of anilines is 1. The Balaban J connectivity index is 0.000000310. The highest BCUT2D eigenvalue weighted by Crippen LogP contribution is 2.38. The molecule has 0 bridgehead atoms. The predicted molar refractivity (Wildman–Crippen MR) is 161 cm³/mol. The van der Waals surface area contributed by atoms with E-state index in [-0.39, 0.29) is 28.9 Å². The molecule has 43 heavy (non-hydrogen) atoms. The average molecular weight is 583 g/mol. The Bertz CT molecular complexity index is 1760. The Morgan fingerprint density at radius 2 is 2.05 bits per heavy atom. The molecule has 3 fully saturated rings. The van der Waals surface area contributed by atoms with Gasteiger partial charge in [0.25, 0.3) is 0 Å². The molecule has 7 rings (SSSR count). The number of phenolic OH excluding ortho intramolecular Hbond substituents is 1. The monoisotopic (exact) mass is 582 g/mol. The number of pyridine rings is 1. The van der Waals surface area contributed by atoms with Crippen molar-refractivity contribution < 1.29 is 18.6 Å². The van der Waals surface area contributed by atoms with Crippen LogP contribution in [0.4, 0.5) is 14.6 Å². The summed E-state index contributed by atoms with van der Waals surface area (Å²) in [4.78, 5) is 17.5. The van der Waals surface area contributed by atoms with Crippen LogP contribution in [0.1, 0.15) is 37.7 Å². The van der Waals surface area contributed by atoms with Gasteiger partial charge in [-0.3, -0.25) is 9.88 Å². The molecule has 3 unspecified atom stereocenters. The first-order chi connectivity index (χ1) is 20.9. The number of terminal acetylenes is 1. The summed E-state index contributed by atoms with van der Waals surface area (Å²) in [5.74, 6) is 2.68. The van der Waals surface area contributed by atoms with E-state index in [9.17, 15) is 9.50 Å². The summed E-state index contributed by atoms with van der Waals surface area (Å²) in [5.41, 5.74) is 1.02. The number of nitrogens with zero attached hydrogens (tertiary/aromatic N) is 6. The zero-order valence-corrected chi connectivity index (χ0v) is 23.9. The number of methoxy groups -OCH3 is 1. The van der Waals surface area contributed by atoms with E-state index in [0.717, 1.165) is 19.4 Å². The smallest absolute Gasteiger partial charge is 0.318 e. The molecule has 4 aromatic rings. The lowest BCUT2D eigenvalue weighted by atomic mass is 9.96. The van der Waals surface area contributed by atoms with Crippen LogP contribution in [0, 0.1) is 35.4 Å². The van der Waals surface area contributed by atoms with Crippen molar-refractivity contribution in [1.82, 2.24) is 19.9 Å². The van der Waals surface area contributed by atoms with Crippen molar-refractivity contribution in [3.05, 3.63) is 47.9 Å². The van der Waals surface area contributed by atoms with Crippen LogP contribution in [0.15, 0.2) is 36.5 Å². The van der Waals surface area contributed by atoms with Gasteiger partial charge in [-0.2, -0.15) is 15.2 Å². The normalized spacial score (nSPS) is 21.3. The fourth-order valence-corrected chi connectivity index (χ4v) is 6.61. The number of phenols is 1. The number of rotatable bonds is 4. The summed E-state index contributed by atoms with van der Waals surface area (Å²) in [6, 6.07) is 11.2. The van der Waals surface area contributed by atoms with Gasteiger partial charge in [-0.1, -0.05) is 18.1 Å². The third-order valence-corrected chi connectivity index (χ3v) is 8.62. The number of alkyl halides is 1. The van der Waals surface area contributed by atoms with E-state index in [1.165, 1.54) is 32.2 Å². The number of hydrogen-bond acceptors (Lipinski definition) is 8. The second-order valence-corrected chi connectivity index (χ2v) is 11.3. The van der Waals surface area contributed by atoms with Crippen LogP contribution >= 0.6 is 0 Å². The number of aromatic hydroxyl groups is 1. The van der Waals surface area contributed by atoms with Crippen LogP contribution in [0.25, 0.3) is 32.9 Å². The van der Waals surface area contributed by atoms with Gasteiger partial charge in [0.1, 0.15) is 28.9 Å². The van der Waals surface area contributed by atoms with Crippen LogP contribution in [0.2, 0.25) is 0 Å². The molecule has 0 amide bonds. The fourth-order valence-electron chi connectivity index (χ4n) is 6.61. The molecule has 2 aromatic heterocycles. The van der Waals surface area contributed by atoms with E-state index in [1.807, 2.05) is 4.90 Å². The summed E-state index contributed by atoms with van der Waals surface area (Å²) in [6.07, 6.45) is 11.4. The molecule has 2 aromatic carbocycles. The number of halogens is 2. The molecule has 220 valence electrons. The van der Waals surface area contributed by atoms with E-state index in [1.54, 1.807) is 24.3 Å². The molecule has 3 aliphatic rings. The van der Waals surface area contributed by atoms with E-state index in [2.05, 4.69) is 31.8 Å². The number of nitriles is 1. The van der Waals surface area contributed by atoms with Crippen molar-refractivity contribution in [3.8, 4) is 41.4 Å². The van der Waals surface area contributed by atoms with E-state index in [4.69, 9.17) is 16.4 Å². The van der Waals surface area contributed by atoms with Gasteiger partial charge in [-0.05, 0) is 61.7 Å². The van der Waals surface area contributed by atoms with Crippen LogP contribution in [0.3, 0.4) is 0 Å². The SMILES string of the molecule is C#Cc1cccc2cc(O)cc(-c3ncc4c(N5CCC(CC#N)C5)nc(OC)nc4c3F)c12.FC1CC2CCCN2C1. The van der Waals surface area contributed by atoms with Crippen LogP contribution in [-0.4, -0.2) is 70.5 Å². The van der Waals surface area contributed by atoms with E-state index in [0.29, 0.717) is 65.2 Å². The van der Waals surface area contributed by atoms with Gasteiger partial charge in [-0.15, -0.1) is 6.42 Å². The number of hydrogen-bond donors (Lipinski definition) is 1. The Labute approximate surface area is 248 Å². The predicted octanol–water partition coefficient (Wildman–Crippen LogP) is 5.61. The number of fused-ring (bicyclic) bond motifs is 3. The second-order valence-electron chi connectivity index (χ2n) is 11.3. The molecule has 0 saturated carbocycles. The quantitative estimate of drug-likeness (QED) is 0.310. The van der Waals surface area contributed by atoms with Gasteiger partial charge in [0.05, 0.1) is 18.6 Å². The number of benzene rings is 2. The van der Waals surface area contributed by atoms with Gasteiger partial charge in [-0.25, -0.2) is 8.78 Å². The topological polar surface area (TPSA) is 98.4 Å². The minimum absolute atomic E-state index is 0.0200. The Morgan fingerprint density at radius 1 is 1.19 bits per heavy atom. The molecular weight excluding hydrogens is 550 g/mol. The molecule has 0 aliphatic carbocycles. The summed E-state index contributed by atoms with van der Waals surface area (Å²) in [7, 11) is 1.43. The van der Waals surface area contributed by atoms with Gasteiger partial charge in [0.15, 0.2) is 5.82 Å². The highest BCUT2D eigenvalue weighted by molar-refractivity contribution is 6.02. The minimum atomic E-state index is -0.661. The molecule has 3 saturated heterocycles. The lowest BCUT2D eigenvalue weighted by Crippen LogP contribution is -2.22. The summed E-state index contributed by atoms with van der Waals surface area (Å²) in [5, 5.41) is 21.1. The molecule has 1 N–H and O–H groups in total. The molecular formula is C33H32F2N6O2. The van der Waals surface area contributed by atoms with Gasteiger partial charge < -0.3 is 14.7 Å². The van der Waals surface area contributed by atoms with Crippen molar-refractivity contribution in [2.24, 2.45) is 5.92 Å². The number of aromatic nitrogens is 3. The first kappa shape index (κ1) is 28.6. The van der Waals surface area contributed by atoms with Crippen molar-refractivity contribution >= 4 is 27.5 Å².